The highest BCUT2D eigenvalue weighted by Gasteiger charge is 2.70. The van der Waals surface area contributed by atoms with E-state index in [4.69, 9.17) is 5.73 Å². The highest BCUT2D eigenvalue weighted by atomic mass is 16.2. The van der Waals surface area contributed by atoms with Gasteiger partial charge in [0.15, 0.2) is 0 Å². The average molecular weight is 603 g/mol. The van der Waals surface area contributed by atoms with Gasteiger partial charge in [-0.05, 0) is 53.8 Å². The van der Waals surface area contributed by atoms with Crippen molar-refractivity contribution in [1.82, 2.24) is 26.2 Å². The first-order chi connectivity index (χ1) is 19.6. The van der Waals surface area contributed by atoms with E-state index in [1.165, 1.54) is 4.90 Å². The number of piperidine rings is 1. The van der Waals surface area contributed by atoms with Crippen molar-refractivity contribution in [2.24, 2.45) is 39.7 Å². The maximum atomic E-state index is 14.2. The van der Waals surface area contributed by atoms with Gasteiger partial charge in [-0.2, -0.15) is 0 Å². The predicted molar refractivity (Wildman–Crippen MR) is 161 cm³/mol. The number of allylic oxidation sites excluding steroid dienone is 1. The largest absolute Gasteiger partial charge is 0.363 e. The normalized spacial score (nSPS) is 24.8. The Morgan fingerprint density at radius 1 is 0.907 bits per heavy atom. The zero-order valence-electron chi connectivity index (χ0n) is 27.1. The number of rotatable bonds is 10. The van der Waals surface area contributed by atoms with Crippen LogP contribution in [0.15, 0.2) is 12.3 Å². The molecule has 0 aromatic rings. The van der Waals surface area contributed by atoms with Gasteiger partial charge in [-0.15, -0.1) is 0 Å². The van der Waals surface area contributed by atoms with E-state index in [0.717, 1.165) is 6.42 Å². The van der Waals surface area contributed by atoms with Gasteiger partial charge in [-0.25, -0.2) is 4.79 Å². The van der Waals surface area contributed by atoms with Crippen molar-refractivity contribution >= 4 is 35.4 Å². The SMILES string of the molecule is C=C(C)NC(=O)[C@@H](NC(=O)N[C@H](C(=O)N1C[C@H]2[C@@H]([C@H]1C(=O)NC(C(=O)C(N)=O)C1CCC1)C2(C)C)C(C)(C)C)C(C)(C)C. The Morgan fingerprint density at radius 3 is 1.88 bits per heavy atom. The van der Waals surface area contributed by atoms with E-state index in [2.05, 4.69) is 27.8 Å². The van der Waals surface area contributed by atoms with Crippen LogP contribution in [0, 0.1) is 34.0 Å². The second kappa shape index (κ2) is 11.9. The van der Waals surface area contributed by atoms with E-state index in [0.29, 0.717) is 25.1 Å². The number of fused-ring (bicyclic) bond motifs is 1. The number of hydrogen-bond acceptors (Lipinski definition) is 6. The Labute approximate surface area is 254 Å². The van der Waals surface area contributed by atoms with E-state index in [1.807, 2.05) is 34.6 Å². The van der Waals surface area contributed by atoms with E-state index in [1.54, 1.807) is 27.7 Å². The van der Waals surface area contributed by atoms with Gasteiger partial charge in [0.05, 0.1) is 0 Å². The number of nitrogens with one attached hydrogen (secondary N) is 4. The molecule has 0 radical (unpaired) electrons. The number of nitrogens with zero attached hydrogens (tertiary/aromatic N) is 1. The fourth-order valence-corrected chi connectivity index (χ4v) is 6.45. The Kier molecular flexibility index (Phi) is 9.44. The summed E-state index contributed by atoms with van der Waals surface area (Å²) >= 11 is 0. The Balaban J connectivity index is 1.84. The van der Waals surface area contributed by atoms with Crippen molar-refractivity contribution < 1.29 is 28.8 Å². The van der Waals surface area contributed by atoms with Crippen molar-refractivity contribution in [3.8, 4) is 0 Å². The third-order valence-electron chi connectivity index (χ3n) is 9.33. The molecule has 43 heavy (non-hydrogen) atoms. The fraction of sp³-hybridized carbons (Fsp3) is 0.742. The van der Waals surface area contributed by atoms with Gasteiger partial charge >= 0.3 is 6.03 Å². The number of Topliss-reactive ketones (excluding diaryl/α,β-unsaturated/α-hetero) is 1. The van der Waals surface area contributed by atoms with Gasteiger partial charge < -0.3 is 31.9 Å². The average Bonchev–Trinajstić information content (AvgIpc) is 3.15. The van der Waals surface area contributed by atoms with Crippen LogP contribution in [-0.2, 0) is 24.0 Å². The molecule has 1 heterocycles. The Bertz CT molecular complexity index is 1190. The molecule has 2 saturated carbocycles. The summed E-state index contributed by atoms with van der Waals surface area (Å²) in [5.41, 5.74) is 4.12. The van der Waals surface area contributed by atoms with Crippen LogP contribution >= 0.6 is 0 Å². The summed E-state index contributed by atoms with van der Waals surface area (Å²) in [5.74, 6) is -3.57. The van der Waals surface area contributed by atoms with Gasteiger partial charge in [0.2, 0.25) is 23.5 Å². The smallest absolute Gasteiger partial charge is 0.316 e. The molecule has 6 atom stereocenters. The van der Waals surface area contributed by atoms with Gasteiger partial charge in [-0.3, -0.25) is 24.0 Å². The van der Waals surface area contributed by atoms with Crippen molar-refractivity contribution in [3.63, 3.8) is 0 Å². The first-order valence-corrected chi connectivity index (χ1v) is 15.1. The van der Waals surface area contributed by atoms with Gasteiger partial charge in [0.1, 0.15) is 24.2 Å². The highest BCUT2D eigenvalue weighted by Crippen LogP contribution is 2.65. The summed E-state index contributed by atoms with van der Waals surface area (Å²) in [6.07, 6.45) is 2.28. The zero-order valence-corrected chi connectivity index (χ0v) is 27.1. The molecule has 1 saturated heterocycles. The first-order valence-electron chi connectivity index (χ1n) is 15.1. The molecule has 0 bridgehead atoms. The zero-order chi connectivity index (χ0) is 32.8. The molecular weight excluding hydrogens is 552 g/mol. The number of carbonyl (C=O) groups excluding carboxylic acids is 6. The molecule has 6 amide bonds. The van der Waals surface area contributed by atoms with Crippen molar-refractivity contribution in [2.75, 3.05) is 6.54 Å². The highest BCUT2D eigenvalue weighted by molar-refractivity contribution is 6.38. The number of likely N-dealkylation sites (tertiary alicyclic amines) is 1. The molecule has 0 spiro atoms. The Morgan fingerprint density at radius 2 is 1.44 bits per heavy atom. The minimum atomic E-state index is -1.10. The number of nitrogens with two attached hydrogens (primary N) is 1. The van der Waals surface area contributed by atoms with Crippen molar-refractivity contribution in [1.29, 1.82) is 0 Å². The van der Waals surface area contributed by atoms with Crippen LogP contribution < -0.4 is 27.0 Å². The molecule has 0 aromatic heterocycles. The monoisotopic (exact) mass is 602 g/mol. The third kappa shape index (κ3) is 7.21. The first kappa shape index (κ1) is 34.1. The molecule has 3 rings (SSSR count). The van der Waals surface area contributed by atoms with Gasteiger partial charge in [0, 0.05) is 12.2 Å². The summed E-state index contributed by atoms with van der Waals surface area (Å²) in [6, 6.07) is -4.58. The van der Waals surface area contributed by atoms with E-state index in [-0.39, 0.29) is 23.2 Å². The predicted octanol–water partition coefficient (Wildman–Crippen LogP) is 1.59. The van der Waals surface area contributed by atoms with E-state index >= 15 is 0 Å². The van der Waals surface area contributed by atoms with Gasteiger partial charge in [-0.1, -0.05) is 68.4 Å². The maximum absolute atomic E-state index is 14.2. The molecular formula is C31H50N6O6. The molecule has 0 aromatic carbocycles. The van der Waals surface area contributed by atoms with Crippen LogP contribution in [-0.4, -0.2) is 71.1 Å². The number of carbonyl (C=O) groups is 6. The lowest BCUT2D eigenvalue weighted by Crippen LogP contribution is -2.63. The van der Waals surface area contributed by atoms with Crippen LogP contribution in [0.5, 0.6) is 0 Å². The molecule has 12 nitrogen and oxygen atoms in total. The maximum Gasteiger partial charge on any atom is 0.316 e. The van der Waals surface area contributed by atoms with Crippen LogP contribution in [0.1, 0.15) is 81.6 Å². The lowest BCUT2D eigenvalue weighted by molar-refractivity contribution is -0.145. The molecule has 1 aliphatic heterocycles. The lowest BCUT2D eigenvalue weighted by atomic mass is 9.78. The van der Waals surface area contributed by atoms with Crippen LogP contribution in [0.25, 0.3) is 0 Å². The fourth-order valence-electron chi connectivity index (χ4n) is 6.45. The van der Waals surface area contributed by atoms with Gasteiger partial charge in [0.25, 0.3) is 5.91 Å². The standard InChI is InChI=1S/C31H50N6O6/c1-15(2)33-26(41)22(29(3,4)5)35-28(43)36-23(30(6,7)8)27(42)37-14-17-18(31(17,9)10)20(37)25(40)34-19(16-12-11-13-16)21(38)24(32)39/h16-20,22-23H,1,11-14H2,2-10H3,(H2,32,39)(H,33,41)(H,34,40)(H2,35,36,43)/t17-,18-,19?,20-,22+,23+/m0/s1. The summed E-state index contributed by atoms with van der Waals surface area (Å²) in [7, 11) is 0. The van der Waals surface area contributed by atoms with Crippen LogP contribution in [0.4, 0.5) is 4.79 Å². The number of amides is 6. The van der Waals surface area contributed by atoms with E-state index in [9.17, 15) is 28.8 Å². The second-order valence-electron chi connectivity index (χ2n) is 15.3. The molecule has 12 heteroatoms. The number of hydrogen-bond donors (Lipinski definition) is 5. The number of urea groups is 1. The van der Waals surface area contributed by atoms with Crippen LogP contribution in [0.3, 0.4) is 0 Å². The van der Waals surface area contributed by atoms with E-state index < -0.39 is 70.4 Å². The summed E-state index contributed by atoms with van der Waals surface area (Å²) in [6.45, 7) is 20.6. The Hall–Kier alpha value is -3.44. The summed E-state index contributed by atoms with van der Waals surface area (Å²) in [4.78, 5) is 80.0. The third-order valence-corrected chi connectivity index (χ3v) is 9.33. The van der Waals surface area contributed by atoms with Crippen molar-refractivity contribution in [3.05, 3.63) is 12.3 Å². The molecule has 1 unspecified atom stereocenters. The topological polar surface area (TPSA) is 180 Å². The molecule has 2 aliphatic carbocycles. The summed E-state index contributed by atoms with van der Waals surface area (Å²) in [5, 5.41) is 10.9. The minimum absolute atomic E-state index is 0.0618. The lowest BCUT2D eigenvalue weighted by Gasteiger charge is -2.39. The molecule has 3 fully saturated rings. The quantitative estimate of drug-likeness (QED) is 0.237. The second-order valence-corrected chi connectivity index (χ2v) is 15.3. The van der Waals surface area contributed by atoms with Crippen molar-refractivity contribution in [2.45, 2.75) is 106 Å². The minimum Gasteiger partial charge on any atom is -0.363 e. The molecule has 6 N–H and O–H groups in total. The molecule has 240 valence electrons. The molecule has 3 aliphatic rings. The number of primary amides is 1. The number of ketones is 1. The van der Waals surface area contributed by atoms with Crippen LogP contribution in [0.2, 0.25) is 0 Å². The summed E-state index contributed by atoms with van der Waals surface area (Å²) < 4.78 is 0.